The molecule has 0 unspecified atom stereocenters. The molecule has 0 radical (unpaired) electrons. The van der Waals surface area contributed by atoms with Gasteiger partial charge in [0.05, 0.1) is 5.56 Å². The fourth-order valence-electron chi connectivity index (χ4n) is 2.22. The molecule has 0 fully saturated rings. The second-order valence-electron chi connectivity index (χ2n) is 4.56. The summed E-state index contributed by atoms with van der Waals surface area (Å²) < 4.78 is 37.8. The summed E-state index contributed by atoms with van der Waals surface area (Å²) in [4.78, 5) is 8.15. The number of halogens is 2. The molecule has 4 rings (SSSR count). The van der Waals surface area contributed by atoms with Crippen LogP contribution in [0.15, 0.2) is 41.1 Å². The Morgan fingerprint density at radius 1 is 1.15 bits per heavy atom. The standard InChI is InChI=1S/C14H8F2N2O2/c15-14(16)7-19-11-6-12-10(5-9(11)14)18-13(20-12)8-1-3-17-4-2-8/h1-6H,7H2. The second kappa shape index (κ2) is 3.75. The number of aromatic nitrogens is 2. The van der Waals surface area contributed by atoms with E-state index < -0.39 is 12.5 Å². The normalized spacial score (nSPS) is 16.1. The lowest BCUT2D eigenvalue weighted by molar-refractivity contribution is -0.0213. The number of hydrogen-bond acceptors (Lipinski definition) is 4. The van der Waals surface area contributed by atoms with E-state index in [1.165, 1.54) is 12.1 Å². The summed E-state index contributed by atoms with van der Waals surface area (Å²) in [6.07, 6.45) is 3.23. The first kappa shape index (κ1) is 11.3. The highest BCUT2D eigenvalue weighted by Gasteiger charge is 2.42. The van der Waals surface area contributed by atoms with Gasteiger partial charge in [-0.25, -0.2) is 4.98 Å². The van der Waals surface area contributed by atoms with Gasteiger partial charge in [0.15, 0.2) is 12.2 Å². The van der Waals surface area contributed by atoms with Crippen molar-refractivity contribution in [1.29, 1.82) is 0 Å². The van der Waals surface area contributed by atoms with Crippen LogP contribution < -0.4 is 4.74 Å². The molecule has 2 aromatic heterocycles. The number of ether oxygens (including phenoxy) is 1. The molecule has 0 aliphatic carbocycles. The molecule has 1 aliphatic heterocycles. The molecule has 100 valence electrons. The van der Waals surface area contributed by atoms with Crippen LogP contribution in [0.1, 0.15) is 5.56 Å². The Kier molecular flexibility index (Phi) is 2.13. The lowest BCUT2D eigenvalue weighted by Crippen LogP contribution is -2.14. The molecule has 0 amide bonds. The van der Waals surface area contributed by atoms with Crippen molar-refractivity contribution in [3.05, 3.63) is 42.2 Å². The van der Waals surface area contributed by atoms with Crippen molar-refractivity contribution >= 4 is 11.1 Å². The van der Waals surface area contributed by atoms with Crippen LogP contribution in [-0.2, 0) is 5.92 Å². The highest BCUT2D eigenvalue weighted by molar-refractivity contribution is 5.79. The number of hydrogen-bond donors (Lipinski definition) is 0. The van der Waals surface area contributed by atoms with E-state index in [9.17, 15) is 8.78 Å². The van der Waals surface area contributed by atoms with Crippen molar-refractivity contribution in [2.24, 2.45) is 0 Å². The molecule has 0 spiro atoms. The number of alkyl halides is 2. The lowest BCUT2D eigenvalue weighted by Gasteiger charge is -2.04. The summed E-state index contributed by atoms with van der Waals surface area (Å²) in [7, 11) is 0. The van der Waals surface area contributed by atoms with Gasteiger partial charge in [0, 0.05) is 24.0 Å². The number of pyridine rings is 1. The average molecular weight is 274 g/mol. The third-order valence-electron chi connectivity index (χ3n) is 3.22. The van der Waals surface area contributed by atoms with Crippen LogP contribution in [0, 0.1) is 0 Å². The van der Waals surface area contributed by atoms with Gasteiger partial charge in [0.25, 0.3) is 0 Å². The summed E-state index contributed by atoms with van der Waals surface area (Å²) in [5, 5.41) is 0. The molecule has 6 heteroatoms. The zero-order chi connectivity index (χ0) is 13.7. The number of oxazole rings is 1. The van der Waals surface area contributed by atoms with Crippen LogP contribution in [-0.4, -0.2) is 16.6 Å². The van der Waals surface area contributed by atoms with Gasteiger partial charge in [0.1, 0.15) is 11.3 Å². The van der Waals surface area contributed by atoms with E-state index >= 15 is 0 Å². The summed E-state index contributed by atoms with van der Waals surface area (Å²) in [5.74, 6) is -2.45. The SMILES string of the molecule is FC1(F)COc2cc3oc(-c4ccncc4)nc3cc21. The average Bonchev–Trinajstić information content (AvgIpc) is 2.99. The number of rotatable bonds is 1. The third-order valence-corrected chi connectivity index (χ3v) is 3.22. The van der Waals surface area contributed by atoms with Crippen molar-refractivity contribution in [2.75, 3.05) is 6.61 Å². The van der Waals surface area contributed by atoms with Crippen molar-refractivity contribution in [3.8, 4) is 17.2 Å². The third kappa shape index (κ3) is 1.57. The van der Waals surface area contributed by atoms with Crippen LogP contribution in [0.3, 0.4) is 0 Å². The molecule has 1 aliphatic rings. The molecule has 4 nitrogen and oxygen atoms in total. The first-order valence-corrected chi connectivity index (χ1v) is 5.99. The van der Waals surface area contributed by atoms with E-state index in [0.717, 1.165) is 5.56 Å². The van der Waals surface area contributed by atoms with Crippen LogP contribution in [0.25, 0.3) is 22.6 Å². The van der Waals surface area contributed by atoms with E-state index in [4.69, 9.17) is 9.15 Å². The van der Waals surface area contributed by atoms with Gasteiger partial charge in [-0.3, -0.25) is 4.98 Å². The van der Waals surface area contributed by atoms with Crippen molar-refractivity contribution in [2.45, 2.75) is 5.92 Å². The van der Waals surface area contributed by atoms with Gasteiger partial charge in [-0.1, -0.05) is 0 Å². The van der Waals surface area contributed by atoms with Gasteiger partial charge in [0.2, 0.25) is 5.89 Å². The van der Waals surface area contributed by atoms with E-state index in [2.05, 4.69) is 9.97 Å². The second-order valence-corrected chi connectivity index (χ2v) is 4.56. The Morgan fingerprint density at radius 2 is 1.95 bits per heavy atom. The van der Waals surface area contributed by atoms with Gasteiger partial charge in [-0.15, -0.1) is 0 Å². The van der Waals surface area contributed by atoms with Crippen molar-refractivity contribution in [1.82, 2.24) is 9.97 Å². The van der Waals surface area contributed by atoms with Gasteiger partial charge < -0.3 is 9.15 Å². The van der Waals surface area contributed by atoms with Gasteiger partial charge in [-0.2, -0.15) is 8.78 Å². The van der Waals surface area contributed by atoms with Gasteiger partial charge in [-0.05, 0) is 18.2 Å². The fraction of sp³-hybridized carbons (Fsp3) is 0.143. The van der Waals surface area contributed by atoms with Crippen molar-refractivity contribution < 1.29 is 17.9 Å². The molecule has 3 heterocycles. The Hall–Kier alpha value is -2.50. The predicted octanol–water partition coefficient (Wildman–Crippen LogP) is 3.37. The Labute approximate surface area is 112 Å². The molecule has 0 saturated heterocycles. The summed E-state index contributed by atoms with van der Waals surface area (Å²) in [5.41, 5.74) is 1.41. The molecule has 0 saturated carbocycles. The zero-order valence-electron chi connectivity index (χ0n) is 10.1. The first-order valence-electron chi connectivity index (χ1n) is 5.99. The lowest BCUT2D eigenvalue weighted by atomic mass is 10.1. The van der Waals surface area contributed by atoms with Crippen LogP contribution in [0.4, 0.5) is 8.78 Å². The molecule has 0 bridgehead atoms. The fourth-order valence-corrected chi connectivity index (χ4v) is 2.22. The predicted molar refractivity (Wildman–Crippen MR) is 66.6 cm³/mol. The Morgan fingerprint density at radius 3 is 2.75 bits per heavy atom. The monoisotopic (exact) mass is 274 g/mol. The highest BCUT2D eigenvalue weighted by Crippen LogP contribution is 2.43. The quantitative estimate of drug-likeness (QED) is 0.682. The number of fused-ring (bicyclic) bond motifs is 2. The summed E-state index contributed by atoms with van der Waals surface area (Å²) in [6.45, 7) is -0.633. The topological polar surface area (TPSA) is 48.2 Å². The minimum absolute atomic E-state index is 0.139. The maximum absolute atomic E-state index is 13.6. The molecule has 0 N–H and O–H groups in total. The molecule has 1 aromatic carbocycles. The van der Waals surface area contributed by atoms with Crippen LogP contribution in [0.5, 0.6) is 5.75 Å². The number of nitrogens with zero attached hydrogens (tertiary/aromatic N) is 2. The van der Waals surface area contributed by atoms with E-state index in [1.807, 2.05) is 0 Å². The Balaban J connectivity index is 1.90. The van der Waals surface area contributed by atoms with E-state index in [0.29, 0.717) is 17.0 Å². The molecule has 3 aromatic rings. The molecular formula is C14H8F2N2O2. The largest absolute Gasteiger partial charge is 0.486 e. The summed E-state index contributed by atoms with van der Waals surface area (Å²) >= 11 is 0. The maximum Gasteiger partial charge on any atom is 0.310 e. The molecule has 0 atom stereocenters. The summed E-state index contributed by atoms with van der Waals surface area (Å²) in [6, 6.07) is 6.27. The molecule has 20 heavy (non-hydrogen) atoms. The zero-order valence-corrected chi connectivity index (χ0v) is 10.1. The Bertz CT molecular complexity index is 800. The maximum atomic E-state index is 13.6. The van der Waals surface area contributed by atoms with Crippen molar-refractivity contribution in [3.63, 3.8) is 0 Å². The van der Waals surface area contributed by atoms with E-state index in [-0.39, 0.29) is 11.3 Å². The minimum Gasteiger partial charge on any atom is -0.486 e. The van der Waals surface area contributed by atoms with E-state index in [1.54, 1.807) is 24.5 Å². The first-order chi connectivity index (χ1) is 9.63. The molecular weight excluding hydrogens is 266 g/mol. The highest BCUT2D eigenvalue weighted by atomic mass is 19.3. The van der Waals surface area contributed by atoms with Crippen LogP contribution in [0.2, 0.25) is 0 Å². The van der Waals surface area contributed by atoms with Crippen LogP contribution >= 0.6 is 0 Å². The smallest absolute Gasteiger partial charge is 0.310 e. The number of benzene rings is 1. The minimum atomic E-state index is -2.97. The van der Waals surface area contributed by atoms with Gasteiger partial charge >= 0.3 is 5.92 Å².